The number of nitrogens with one attached hydrogen (secondary N) is 1. The second-order valence-corrected chi connectivity index (χ2v) is 12.4. The molecule has 1 aromatic heterocycles. The topological polar surface area (TPSA) is 90.0 Å². The van der Waals surface area contributed by atoms with Crippen molar-refractivity contribution in [2.45, 2.75) is 53.1 Å². The quantitative estimate of drug-likeness (QED) is 0.222. The largest absolute Gasteiger partial charge is 0.493 e. The minimum Gasteiger partial charge on any atom is -0.493 e. The average Bonchev–Trinajstić information content (AvgIpc) is 2.95. The number of ether oxygens (including phenoxy) is 3. The Morgan fingerprint density at radius 3 is 2.02 bits per heavy atom. The number of aromatic nitrogens is 1. The first-order chi connectivity index (χ1) is 20.6. The molecule has 44 heavy (non-hydrogen) atoms. The van der Waals surface area contributed by atoms with Crippen molar-refractivity contribution >= 4 is 28.4 Å². The predicted molar refractivity (Wildman–Crippen MR) is 166 cm³/mol. The minimum atomic E-state index is -0.964. The Labute approximate surface area is 255 Å². The molecule has 8 nitrogen and oxygen atoms in total. The van der Waals surface area contributed by atoms with E-state index in [1.165, 1.54) is 61.7 Å². The Morgan fingerprint density at radius 1 is 0.818 bits per heavy atom. The monoisotopic (exact) mass is 605 g/mol. The number of anilines is 1. The van der Waals surface area contributed by atoms with Gasteiger partial charge in [-0.2, -0.15) is 0 Å². The van der Waals surface area contributed by atoms with Gasteiger partial charge in [0.1, 0.15) is 17.6 Å². The van der Waals surface area contributed by atoms with Crippen molar-refractivity contribution in [1.82, 2.24) is 9.88 Å². The summed E-state index contributed by atoms with van der Waals surface area (Å²) < 4.78 is 45.6. The van der Waals surface area contributed by atoms with Crippen molar-refractivity contribution in [1.29, 1.82) is 0 Å². The molecule has 10 heteroatoms. The van der Waals surface area contributed by atoms with Crippen LogP contribution in [0.4, 0.5) is 14.5 Å². The highest BCUT2D eigenvalue weighted by Gasteiger charge is 2.44. The van der Waals surface area contributed by atoms with E-state index in [2.05, 4.69) is 10.3 Å². The highest BCUT2D eigenvalue weighted by Crippen LogP contribution is 2.38. The molecule has 232 valence electrons. The van der Waals surface area contributed by atoms with Crippen molar-refractivity contribution in [3.05, 3.63) is 84.1 Å². The number of carbonyl (C=O) groups is 2. The number of benzene rings is 3. The second-order valence-electron chi connectivity index (χ2n) is 12.4. The summed E-state index contributed by atoms with van der Waals surface area (Å²) in [7, 11) is 3.03. The number of fused-ring (bicyclic) bond motifs is 1. The standard InChI is InChI=1S/C34H37F2N3O5/c1-33(2,3)30(39(34(4,5)6)32(41)20-9-11-21(35)12-10-20)31(40)38-22-13-14-27(24(36)17-22)44-26-15-16-37-25-19-29(43-8)28(42-7)18-23(25)26/h9-19,30H,1-8H3,(H,38,40). The van der Waals surface area contributed by atoms with Crippen LogP contribution < -0.4 is 19.5 Å². The third-order valence-electron chi connectivity index (χ3n) is 6.99. The van der Waals surface area contributed by atoms with Gasteiger partial charge in [-0.3, -0.25) is 14.6 Å². The van der Waals surface area contributed by atoms with Crippen LogP contribution in [0.3, 0.4) is 0 Å². The zero-order valence-electron chi connectivity index (χ0n) is 26.1. The predicted octanol–water partition coefficient (Wildman–Crippen LogP) is 7.62. The first kappa shape index (κ1) is 32.2. The lowest BCUT2D eigenvalue weighted by Crippen LogP contribution is -2.60. The van der Waals surface area contributed by atoms with Gasteiger partial charge >= 0.3 is 0 Å². The van der Waals surface area contributed by atoms with Gasteiger partial charge < -0.3 is 24.4 Å². The lowest BCUT2D eigenvalue weighted by molar-refractivity contribution is -0.126. The van der Waals surface area contributed by atoms with E-state index >= 15 is 4.39 Å². The minimum absolute atomic E-state index is 0.0690. The lowest BCUT2D eigenvalue weighted by atomic mass is 9.82. The van der Waals surface area contributed by atoms with Crippen molar-refractivity contribution in [3.8, 4) is 23.0 Å². The summed E-state index contributed by atoms with van der Waals surface area (Å²) in [5.41, 5.74) is -0.514. The third-order valence-corrected chi connectivity index (χ3v) is 6.99. The average molecular weight is 606 g/mol. The van der Waals surface area contributed by atoms with Crippen molar-refractivity contribution in [2.24, 2.45) is 5.41 Å². The molecule has 0 aliphatic heterocycles. The van der Waals surface area contributed by atoms with E-state index in [9.17, 15) is 14.0 Å². The van der Waals surface area contributed by atoms with Crippen LogP contribution in [0.1, 0.15) is 51.9 Å². The van der Waals surface area contributed by atoms with Gasteiger partial charge in [0.2, 0.25) is 5.91 Å². The Kier molecular flexibility index (Phi) is 9.13. The van der Waals surface area contributed by atoms with Gasteiger partial charge in [0, 0.05) is 40.5 Å². The number of halogens is 2. The molecule has 0 bridgehead atoms. The van der Waals surface area contributed by atoms with Gasteiger partial charge in [-0.15, -0.1) is 0 Å². The zero-order chi connectivity index (χ0) is 32.4. The Bertz CT molecular complexity index is 1680. The highest BCUT2D eigenvalue weighted by molar-refractivity contribution is 6.02. The van der Waals surface area contributed by atoms with Crippen LogP contribution in [0.15, 0.2) is 66.9 Å². The SMILES string of the molecule is COc1cc2nccc(Oc3ccc(NC(=O)C(N(C(=O)c4ccc(F)cc4)C(C)(C)C)C(C)(C)C)cc3F)c2cc1OC. The van der Waals surface area contributed by atoms with Crippen LogP contribution in [0.2, 0.25) is 0 Å². The summed E-state index contributed by atoms with van der Waals surface area (Å²) >= 11 is 0. The maximum Gasteiger partial charge on any atom is 0.254 e. The fourth-order valence-electron chi connectivity index (χ4n) is 4.97. The number of nitrogens with zero attached hydrogens (tertiary/aromatic N) is 2. The molecule has 3 aromatic carbocycles. The fraction of sp³-hybridized carbons (Fsp3) is 0.324. The molecule has 0 saturated heterocycles. The van der Waals surface area contributed by atoms with E-state index < -0.39 is 40.4 Å². The summed E-state index contributed by atoms with van der Waals surface area (Å²) in [6.45, 7) is 11.0. The van der Waals surface area contributed by atoms with E-state index in [0.717, 1.165) is 6.07 Å². The normalized spacial score (nSPS) is 12.4. The Morgan fingerprint density at radius 2 is 1.45 bits per heavy atom. The molecule has 0 aliphatic rings. The van der Waals surface area contributed by atoms with Gasteiger partial charge in [0.05, 0.1) is 19.7 Å². The molecular formula is C34H37F2N3O5. The number of carbonyl (C=O) groups excluding carboxylic acids is 2. The van der Waals surface area contributed by atoms with E-state index in [4.69, 9.17) is 14.2 Å². The number of amides is 2. The molecule has 1 atom stereocenters. The smallest absolute Gasteiger partial charge is 0.254 e. The first-order valence-electron chi connectivity index (χ1n) is 14.0. The number of hydrogen-bond acceptors (Lipinski definition) is 6. The van der Waals surface area contributed by atoms with Crippen LogP contribution in [0.5, 0.6) is 23.0 Å². The van der Waals surface area contributed by atoms with Crippen LogP contribution in [0, 0.1) is 17.0 Å². The van der Waals surface area contributed by atoms with Gasteiger partial charge in [-0.1, -0.05) is 20.8 Å². The second kappa shape index (κ2) is 12.5. The molecule has 1 heterocycles. The highest BCUT2D eigenvalue weighted by atomic mass is 19.1. The summed E-state index contributed by atoms with van der Waals surface area (Å²) in [5.74, 6) is -0.879. The molecular weight excluding hydrogens is 568 g/mol. The van der Waals surface area contributed by atoms with E-state index in [1.54, 1.807) is 18.2 Å². The molecule has 0 spiro atoms. The molecule has 4 aromatic rings. The van der Waals surface area contributed by atoms with Crippen LogP contribution in [0.25, 0.3) is 10.9 Å². The fourth-order valence-corrected chi connectivity index (χ4v) is 4.97. The first-order valence-corrected chi connectivity index (χ1v) is 14.0. The van der Waals surface area contributed by atoms with E-state index in [-0.39, 0.29) is 17.0 Å². The Hall–Kier alpha value is -4.73. The number of rotatable bonds is 8. The molecule has 4 rings (SSSR count). The lowest BCUT2D eigenvalue weighted by Gasteiger charge is -2.46. The van der Waals surface area contributed by atoms with Crippen LogP contribution in [-0.2, 0) is 4.79 Å². The zero-order valence-corrected chi connectivity index (χ0v) is 26.1. The number of methoxy groups -OCH3 is 2. The molecule has 1 N–H and O–H groups in total. The maximum atomic E-state index is 15.4. The summed E-state index contributed by atoms with van der Waals surface area (Å²) in [6.07, 6.45) is 1.54. The van der Waals surface area contributed by atoms with Crippen molar-refractivity contribution in [2.75, 3.05) is 19.5 Å². The maximum absolute atomic E-state index is 15.4. The van der Waals surface area contributed by atoms with Gasteiger partial charge in [0.15, 0.2) is 23.1 Å². The summed E-state index contributed by atoms with van der Waals surface area (Å²) in [6, 6.07) is 13.3. The van der Waals surface area contributed by atoms with E-state index in [0.29, 0.717) is 28.2 Å². The molecule has 0 fully saturated rings. The van der Waals surface area contributed by atoms with Crippen LogP contribution >= 0.6 is 0 Å². The Balaban J connectivity index is 1.62. The summed E-state index contributed by atoms with van der Waals surface area (Å²) in [5, 5.41) is 3.36. The molecule has 0 radical (unpaired) electrons. The summed E-state index contributed by atoms with van der Waals surface area (Å²) in [4.78, 5) is 33.4. The number of hydrogen-bond donors (Lipinski definition) is 1. The molecule has 2 amide bonds. The van der Waals surface area contributed by atoms with Crippen molar-refractivity contribution < 1.29 is 32.6 Å². The third kappa shape index (κ3) is 6.90. The van der Waals surface area contributed by atoms with E-state index in [1.807, 2.05) is 41.5 Å². The van der Waals surface area contributed by atoms with Gasteiger partial charge in [0.25, 0.3) is 5.91 Å². The van der Waals surface area contributed by atoms with Crippen LogP contribution in [-0.4, -0.2) is 47.5 Å². The van der Waals surface area contributed by atoms with Crippen molar-refractivity contribution in [3.63, 3.8) is 0 Å². The van der Waals surface area contributed by atoms with Gasteiger partial charge in [-0.25, -0.2) is 8.78 Å². The van der Waals surface area contributed by atoms with Gasteiger partial charge in [-0.05, 0) is 74.7 Å². The molecule has 0 saturated carbocycles. The molecule has 0 aliphatic carbocycles. The number of pyridine rings is 1. The molecule has 1 unspecified atom stereocenters.